The Morgan fingerprint density at radius 3 is 2.46 bits per heavy atom. The van der Waals surface area contributed by atoms with Crippen LogP contribution in [-0.2, 0) is 0 Å². The Balaban J connectivity index is 1.70. The smallest absolute Gasteiger partial charge is 0.251 e. The number of carbonyl (C=O) groups is 1. The third-order valence-electron chi connectivity index (χ3n) is 3.61. The quantitative estimate of drug-likeness (QED) is 0.729. The molecule has 122 valence electrons. The van der Waals surface area contributed by atoms with Gasteiger partial charge in [0.1, 0.15) is 23.0 Å². The number of benzene rings is 2. The van der Waals surface area contributed by atoms with Crippen LogP contribution in [0.5, 0.6) is 11.5 Å². The molecule has 0 saturated heterocycles. The zero-order valence-corrected chi connectivity index (χ0v) is 13.7. The molecule has 0 spiro atoms. The van der Waals surface area contributed by atoms with Gasteiger partial charge in [-0.15, -0.1) is 0 Å². The van der Waals surface area contributed by atoms with Crippen LogP contribution >= 0.6 is 0 Å². The van der Waals surface area contributed by atoms with Gasteiger partial charge < -0.3 is 14.5 Å². The van der Waals surface area contributed by atoms with Crippen molar-refractivity contribution in [3.05, 3.63) is 83.8 Å². The molecule has 24 heavy (non-hydrogen) atoms. The summed E-state index contributed by atoms with van der Waals surface area (Å²) in [7, 11) is 0. The van der Waals surface area contributed by atoms with E-state index >= 15 is 0 Å². The van der Waals surface area contributed by atoms with Gasteiger partial charge in [0.15, 0.2) is 0 Å². The molecule has 1 heterocycles. The van der Waals surface area contributed by atoms with Crippen molar-refractivity contribution in [1.82, 2.24) is 5.32 Å². The van der Waals surface area contributed by atoms with Gasteiger partial charge in [0, 0.05) is 5.56 Å². The Labute approximate surface area is 141 Å². The maximum Gasteiger partial charge on any atom is 0.251 e. The lowest BCUT2D eigenvalue weighted by molar-refractivity contribution is 0.0935. The molecule has 1 unspecified atom stereocenters. The Bertz CT molecular complexity index is 824. The predicted molar refractivity (Wildman–Crippen MR) is 92.3 cm³/mol. The molecule has 0 fully saturated rings. The number of ether oxygens (including phenoxy) is 1. The summed E-state index contributed by atoms with van der Waals surface area (Å²) in [5.41, 5.74) is 0.540. The molecule has 1 N–H and O–H groups in total. The van der Waals surface area contributed by atoms with Crippen molar-refractivity contribution in [3.63, 3.8) is 0 Å². The fourth-order valence-electron chi connectivity index (χ4n) is 2.36. The minimum absolute atomic E-state index is 0.171. The number of carbonyl (C=O) groups excluding carboxylic acids is 1. The normalized spacial score (nSPS) is 11.8. The van der Waals surface area contributed by atoms with Crippen LogP contribution in [0, 0.1) is 6.92 Å². The molecule has 2 aromatic carbocycles. The molecule has 0 saturated carbocycles. The Kier molecular flexibility index (Phi) is 4.66. The molecular weight excluding hydrogens is 302 g/mol. The fraction of sp³-hybridized carbons (Fsp3) is 0.150. The van der Waals surface area contributed by atoms with Crippen molar-refractivity contribution in [2.75, 3.05) is 0 Å². The molecular formula is C20H19NO3. The van der Waals surface area contributed by atoms with Gasteiger partial charge in [0.2, 0.25) is 0 Å². The summed E-state index contributed by atoms with van der Waals surface area (Å²) in [6.07, 6.45) is 0. The lowest BCUT2D eigenvalue weighted by atomic mass is 10.1. The second-order valence-corrected chi connectivity index (χ2v) is 5.59. The number of amides is 1. The van der Waals surface area contributed by atoms with Crippen LogP contribution < -0.4 is 10.1 Å². The maximum atomic E-state index is 12.4. The van der Waals surface area contributed by atoms with E-state index < -0.39 is 0 Å². The predicted octanol–water partition coefficient (Wildman–Crippen LogP) is 4.87. The van der Waals surface area contributed by atoms with Gasteiger partial charge in [-0.1, -0.05) is 24.3 Å². The molecule has 1 aromatic heterocycles. The third-order valence-corrected chi connectivity index (χ3v) is 3.61. The highest BCUT2D eigenvalue weighted by molar-refractivity contribution is 5.94. The first-order valence-corrected chi connectivity index (χ1v) is 7.82. The van der Waals surface area contributed by atoms with E-state index in [1.807, 2.05) is 62.4 Å². The zero-order chi connectivity index (χ0) is 16.9. The zero-order valence-electron chi connectivity index (χ0n) is 13.7. The number of para-hydroxylation sites is 1. The largest absolute Gasteiger partial charge is 0.464 e. The second kappa shape index (κ2) is 7.04. The number of hydrogen-bond donors (Lipinski definition) is 1. The minimum atomic E-state index is -0.204. The highest BCUT2D eigenvalue weighted by Crippen LogP contribution is 2.22. The molecule has 0 aliphatic heterocycles. The summed E-state index contributed by atoms with van der Waals surface area (Å²) in [5.74, 6) is 2.74. The van der Waals surface area contributed by atoms with Gasteiger partial charge in [0.05, 0.1) is 6.04 Å². The number of nitrogens with one attached hydrogen (secondary N) is 1. The van der Waals surface area contributed by atoms with Crippen molar-refractivity contribution in [2.24, 2.45) is 0 Å². The van der Waals surface area contributed by atoms with Crippen LogP contribution in [0.25, 0.3) is 0 Å². The van der Waals surface area contributed by atoms with Crippen LogP contribution in [0.2, 0.25) is 0 Å². The topological polar surface area (TPSA) is 51.5 Å². The molecule has 4 heteroatoms. The molecule has 3 aromatic rings. The van der Waals surface area contributed by atoms with E-state index in [9.17, 15) is 4.79 Å². The first-order chi connectivity index (χ1) is 11.6. The SMILES string of the molecule is Cc1ccc(C(C)NC(=O)c2cccc(Oc3ccccc3)c2)o1. The summed E-state index contributed by atoms with van der Waals surface area (Å²) in [6, 6.07) is 20.1. The molecule has 3 rings (SSSR count). The molecule has 4 nitrogen and oxygen atoms in total. The van der Waals surface area contributed by atoms with Gasteiger partial charge in [-0.3, -0.25) is 4.79 Å². The van der Waals surface area contributed by atoms with Crippen LogP contribution in [0.15, 0.2) is 71.1 Å². The first kappa shape index (κ1) is 15.9. The van der Waals surface area contributed by atoms with E-state index in [0.717, 1.165) is 17.3 Å². The first-order valence-electron chi connectivity index (χ1n) is 7.82. The summed E-state index contributed by atoms with van der Waals surface area (Å²) < 4.78 is 11.3. The molecule has 0 aliphatic rings. The van der Waals surface area contributed by atoms with Gasteiger partial charge in [-0.05, 0) is 56.3 Å². The van der Waals surface area contributed by atoms with Crippen molar-refractivity contribution >= 4 is 5.91 Å². The highest BCUT2D eigenvalue weighted by atomic mass is 16.5. The lowest BCUT2D eigenvalue weighted by Gasteiger charge is -2.12. The summed E-state index contributed by atoms with van der Waals surface area (Å²) >= 11 is 0. The highest BCUT2D eigenvalue weighted by Gasteiger charge is 2.14. The standard InChI is InChI=1S/C20H19NO3/c1-14-11-12-19(23-14)15(2)21-20(22)16-7-6-10-18(13-16)24-17-8-4-3-5-9-17/h3-13,15H,1-2H3,(H,21,22). The van der Waals surface area contributed by atoms with Crippen molar-refractivity contribution in [2.45, 2.75) is 19.9 Å². The number of hydrogen-bond acceptors (Lipinski definition) is 3. The van der Waals surface area contributed by atoms with E-state index in [1.54, 1.807) is 18.2 Å². The van der Waals surface area contributed by atoms with E-state index in [-0.39, 0.29) is 11.9 Å². The van der Waals surface area contributed by atoms with Crippen LogP contribution in [-0.4, -0.2) is 5.91 Å². The average molecular weight is 321 g/mol. The Hall–Kier alpha value is -3.01. The molecule has 0 bridgehead atoms. The number of furan rings is 1. The van der Waals surface area contributed by atoms with E-state index in [2.05, 4.69) is 5.32 Å². The maximum absolute atomic E-state index is 12.4. The molecule has 0 aliphatic carbocycles. The number of rotatable bonds is 5. The van der Waals surface area contributed by atoms with E-state index in [0.29, 0.717) is 11.3 Å². The van der Waals surface area contributed by atoms with Crippen molar-refractivity contribution < 1.29 is 13.9 Å². The lowest BCUT2D eigenvalue weighted by Crippen LogP contribution is -2.26. The second-order valence-electron chi connectivity index (χ2n) is 5.59. The van der Waals surface area contributed by atoms with Crippen LogP contribution in [0.3, 0.4) is 0 Å². The van der Waals surface area contributed by atoms with Gasteiger partial charge >= 0.3 is 0 Å². The molecule has 1 atom stereocenters. The Morgan fingerprint density at radius 1 is 1.00 bits per heavy atom. The van der Waals surface area contributed by atoms with Crippen LogP contribution in [0.1, 0.15) is 34.8 Å². The monoisotopic (exact) mass is 321 g/mol. The summed E-state index contributed by atoms with van der Waals surface area (Å²) in [5, 5.41) is 2.93. The average Bonchev–Trinajstić information content (AvgIpc) is 3.03. The fourth-order valence-corrected chi connectivity index (χ4v) is 2.36. The molecule has 0 radical (unpaired) electrons. The van der Waals surface area contributed by atoms with Gasteiger partial charge in [-0.25, -0.2) is 0 Å². The minimum Gasteiger partial charge on any atom is -0.464 e. The van der Waals surface area contributed by atoms with Gasteiger partial charge in [-0.2, -0.15) is 0 Å². The third kappa shape index (κ3) is 3.84. The summed E-state index contributed by atoms with van der Waals surface area (Å²) in [4.78, 5) is 12.4. The Morgan fingerprint density at radius 2 is 1.75 bits per heavy atom. The van der Waals surface area contributed by atoms with Crippen molar-refractivity contribution in [1.29, 1.82) is 0 Å². The molecule has 1 amide bonds. The van der Waals surface area contributed by atoms with Crippen LogP contribution in [0.4, 0.5) is 0 Å². The summed E-state index contributed by atoms with van der Waals surface area (Å²) in [6.45, 7) is 3.77. The van der Waals surface area contributed by atoms with E-state index in [1.165, 1.54) is 0 Å². The van der Waals surface area contributed by atoms with Crippen molar-refractivity contribution in [3.8, 4) is 11.5 Å². The number of aryl methyl sites for hydroxylation is 1. The van der Waals surface area contributed by atoms with Gasteiger partial charge in [0.25, 0.3) is 5.91 Å². The van der Waals surface area contributed by atoms with E-state index in [4.69, 9.17) is 9.15 Å².